The Balaban J connectivity index is 1.78. The number of unbranched alkanes of at least 4 members (excludes halogenated alkanes) is 1. The summed E-state index contributed by atoms with van der Waals surface area (Å²) in [6.45, 7) is 2.76. The van der Waals surface area contributed by atoms with Crippen LogP contribution in [-0.2, 0) is 13.0 Å². The van der Waals surface area contributed by atoms with Crippen molar-refractivity contribution in [2.24, 2.45) is 0 Å². The minimum Gasteiger partial charge on any atom is -0.333 e. The molecule has 0 bridgehead atoms. The molecule has 2 amide bonds. The van der Waals surface area contributed by atoms with Crippen molar-refractivity contribution in [2.45, 2.75) is 32.7 Å². The summed E-state index contributed by atoms with van der Waals surface area (Å²) in [5.74, 6) is 0. The summed E-state index contributed by atoms with van der Waals surface area (Å²) in [7, 11) is 0. The Labute approximate surface area is 124 Å². The van der Waals surface area contributed by atoms with Crippen LogP contribution in [0.4, 0.5) is 10.5 Å². The van der Waals surface area contributed by atoms with Gasteiger partial charge < -0.3 is 10.6 Å². The number of hydrogen-bond donors (Lipinski definition) is 2. The lowest BCUT2D eigenvalue weighted by Crippen LogP contribution is -2.27. The van der Waals surface area contributed by atoms with E-state index in [0.29, 0.717) is 6.54 Å². The average Bonchev–Trinajstić information content (AvgIpc) is 2.98. The van der Waals surface area contributed by atoms with Crippen molar-refractivity contribution in [1.82, 2.24) is 5.32 Å². The lowest BCUT2D eigenvalue weighted by molar-refractivity contribution is 0.252. The number of carbonyl (C=O) groups excluding carboxylic acids is 1. The van der Waals surface area contributed by atoms with Gasteiger partial charge in [-0.2, -0.15) is 0 Å². The molecule has 0 fully saturated rings. The third kappa shape index (κ3) is 4.70. The van der Waals surface area contributed by atoms with Crippen molar-refractivity contribution >= 4 is 23.1 Å². The van der Waals surface area contributed by atoms with Crippen LogP contribution >= 0.6 is 11.3 Å². The fraction of sp³-hybridized carbons (Fsp3) is 0.312. The number of aryl methyl sites for hydroxylation is 1. The first kappa shape index (κ1) is 14.6. The third-order valence-corrected chi connectivity index (χ3v) is 3.91. The summed E-state index contributed by atoms with van der Waals surface area (Å²) >= 11 is 1.64. The molecule has 0 atom stereocenters. The fourth-order valence-corrected chi connectivity index (χ4v) is 2.54. The number of anilines is 1. The minimum atomic E-state index is -0.167. The average molecular weight is 288 g/mol. The van der Waals surface area contributed by atoms with E-state index in [1.165, 1.54) is 18.4 Å². The van der Waals surface area contributed by atoms with E-state index in [0.717, 1.165) is 17.0 Å². The Bertz CT molecular complexity index is 520. The van der Waals surface area contributed by atoms with Gasteiger partial charge in [0, 0.05) is 10.6 Å². The molecule has 1 aromatic carbocycles. The molecule has 0 spiro atoms. The van der Waals surface area contributed by atoms with Crippen molar-refractivity contribution in [3.63, 3.8) is 0 Å². The van der Waals surface area contributed by atoms with Gasteiger partial charge in [0.25, 0.3) is 0 Å². The van der Waals surface area contributed by atoms with Crippen molar-refractivity contribution in [3.8, 4) is 0 Å². The third-order valence-electron chi connectivity index (χ3n) is 3.03. The molecule has 0 saturated carbocycles. The highest BCUT2D eigenvalue weighted by molar-refractivity contribution is 7.09. The first-order chi connectivity index (χ1) is 9.78. The Hall–Kier alpha value is -1.81. The summed E-state index contributed by atoms with van der Waals surface area (Å²) < 4.78 is 0. The number of benzene rings is 1. The summed E-state index contributed by atoms with van der Waals surface area (Å²) in [5.41, 5.74) is 2.14. The summed E-state index contributed by atoms with van der Waals surface area (Å²) in [6.07, 6.45) is 3.50. The molecule has 0 saturated heterocycles. The number of amides is 2. The van der Waals surface area contributed by atoms with E-state index in [9.17, 15) is 4.79 Å². The molecule has 0 aliphatic rings. The maximum absolute atomic E-state index is 11.7. The highest BCUT2D eigenvalue weighted by Gasteiger charge is 2.02. The van der Waals surface area contributed by atoms with Crippen LogP contribution in [0.1, 0.15) is 30.2 Å². The molecule has 106 valence electrons. The smallest absolute Gasteiger partial charge is 0.319 e. The van der Waals surface area contributed by atoms with E-state index in [-0.39, 0.29) is 6.03 Å². The van der Waals surface area contributed by atoms with E-state index in [1.54, 1.807) is 11.3 Å². The zero-order valence-corrected chi connectivity index (χ0v) is 12.5. The minimum absolute atomic E-state index is 0.167. The highest BCUT2D eigenvalue weighted by atomic mass is 32.1. The number of rotatable bonds is 6. The molecular formula is C16H20N2OS. The molecule has 3 nitrogen and oxygen atoms in total. The summed E-state index contributed by atoms with van der Waals surface area (Å²) in [6, 6.07) is 11.9. The van der Waals surface area contributed by atoms with Gasteiger partial charge in [-0.15, -0.1) is 11.3 Å². The van der Waals surface area contributed by atoms with Crippen LogP contribution in [-0.4, -0.2) is 6.03 Å². The van der Waals surface area contributed by atoms with E-state index in [1.807, 2.05) is 29.6 Å². The molecule has 0 unspecified atom stereocenters. The second-order valence-corrected chi connectivity index (χ2v) is 5.72. The molecule has 0 aliphatic carbocycles. The van der Waals surface area contributed by atoms with Gasteiger partial charge in [-0.25, -0.2) is 4.79 Å². The molecule has 1 aromatic heterocycles. The second kappa shape index (κ2) is 7.70. The lowest BCUT2D eigenvalue weighted by atomic mass is 10.1. The van der Waals surface area contributed by atoms with Gasteiger partial charge in [0.1, 0.15) is 0 Å². The van der Waals surface area contributed by atoms with Crippen LogP contribution < -0.4 is 10.6 Å². The first-order valence-corrected chi connectivity index (χ1v) is 7.82. The van der Waals surface area contributed by atoms with Gasteiger partial charge in [0.05, 0.1) is 6.54 Å². The fourth-order valence-electron chi connectivity index (χ4n) is 1.89. The largest absolute Gasteiger partial charge is 0.333 e. The number of thiophene rings is 1. The molecule has 0 radical (unpaired) electrons. The maximum Gasteiger partial charge on any atom is 0.319 e. The predicted molar refractivity (Wildman–Crippen MR) is 85.2 cm³/mol. The number of carbonyl (C=O) groups is 1. The van der Waals surface area contributed by atoms with Crippen LogP contribution in [0, 0.1) is 0 Å². The molecule has 2 rings (SSSR count). The highest BCUT2D eigenvalue weighted by Crippen LogP contribution is 2.12. The van der Waals surface area contributed by atoms with E-state index in [2.05, 4.69) is 29.7 Å². The Kier molecular flexibility index (Phi) is 5.62. The summed E-state index contributed by atoms with van der Waals surface area (Å²) in [5, 5.41) is 7.69. The lowest BCUT2D eigenvalue weighted by Gasteiger charge is -2.07. The van der Waals surface area contributed by atoms with Crippen molar-refractivity contribution in [3.05, 3.63) is 52.2 Å². The zero-order chi connectivity index (χ0) is 14.2. The van der Waals surface area contributed by atoms with Crippen LogP contribution in [0.5, 0.6) is 0 Å². The standard InChI is InChI=1S/C16H20N2OS/c1-2-3-5-13-7-9-14(10-8-13)18-16(19)17-12-15-6-4-11-20-15/h4,6-11H,2-3,5,12H2,1H3,(H2,17,18,19). The van der Waals surface area contributed by atoms with Gasteiger partial charge in [0.2, 0.25) is 0 Å². The molecule has 0 aliphatic heterocycles. The van der Waals surface area contributed by atoms with Crippen molar-refractivity contribution in [2.75, 3.05) is 5.32 Å². The van der Waals surface area contributed by atoms with Crippen LogP contribution in [0.3, 0.4) is 0 Å². The molecular weight excluding hydrogens is 268 g/mol. The van der Waals surface area contributed by atoms with Gasteiger partial charge in [-0.3, -0.25) is 0 Å². The van der Waals surface area contributed by atoms with E-state index >= 15 is 0 Å². The second-order valence-electron chi connectivity index (χ2n) is 4.69. The van der Waals surface area contributed by atoms with Crippen LogP contribution in [0.15, 0.2) is 41.8 Å². The van der Waals surface area contributed by atoms with Gasteiger partial charge in [0.15, 0.2) is 0 Å². The predicted octanol–water partition coefficient (Wildman–Crippen LogP) is 4.41. The van der Waals surface area contributed by atoms with E-state index < -0.39 is 0 Å². The topological polar surface area (TPSA) is 41.1 Å². The molecule has 1 heterocycles. The van der Waals surface area contributed by atoms with Gasteiger partial charge >= 0.3 is 6.03 Å². The van der Waals surface area contributed by atoms with Gasteiger partial charge in [-0.05, 0) is 42.0 Å². The van der Waals surface area contributed by atoms with Crippen LogP contribution in [0.2, 0.25) is 0 Å². The van der Waals surface area contributed by atoms with Crippen molar-refractivity contribution < 1.29 is 4.79 Å². The number of nitrogens with one attached hydrogen (secondary N) is 2. The Morgan fingerprint density at radius 3 is 2.65 bits per heavy atom. The maximum atomic E-state index is 11.7. The normalized spacial score (nSPS) is 10.2. The quantitative estimate of drug-likeness (QED) is 0.812. The molecule has 20 heavy (non-hydrogen) atoms. The number of urea groups is 1. The zero-order valence-electron chi connectivity index (χ0n) is 11.7. The molecule has 2 aromatic rings. The summed E-state index contributed by atoms with van der Waals surface area (Å²) in [4.78, 5) is 12.9. The van der Waals surface area contributed by atoms with Gasteiger partial charge in [-0.1, -0.05) is 31.5 Å². The molecule has 4 heteroatoms. The Morgan fingerprint density at radius 1 is 1.20 bits per heavy atom. The molecule has 2 N–H and O–H groups in total. The van der Waals surface area contributed by atoms with Crippen LogP contribution in [0.25, 0.3) is 0 Å². The number of hydrogen-bond acceptors (Lipinski definition) is 2. The van der Waals surface area contributed by atoms with Crippen molar-refractivity contribution in [1.29, 1.82) is 0 Å². The monoisotopic (exact) mass is 288 g/mol. The van der Waals surface area contributed by atoms with E-state index in [4.69, 9.17) is 0 Å². The SMILES string of the molecule is CCCCc1ccc(NC(=O)NCc2cccs2)cc1. The first-order valence-electron chi connectivity index (χ1n) is 6.94. The Morgan fingerprint density at radius 2 is 2.00 bits per heavy atom.